The van der Waals surface area contributed by atoms with E-state index >= 15 is 0 Å². The first-order chi connectivity index (χ1) is 15.9. The Bertz CT molecular complexity index is 1320. The fourth-order valence-corrected chi connectivity index (χ4v) is 4.98. The molecule has 1 atom stereocenters. The Balaban J connectivity index is 1.50. The van der Waals surface area contributed by atoms with Crippen molar-refractivity contribution in [3.8, 4) is 0 Å². The van der Waals surface area contributed by atoms with E-state index in [2.05, 4.69) is 92.9 Å². The number of hydrogen-bond donors (Lipinski definition) is 0. The summed E-state index contributed by atoms with van der Waals surface area (Å²) in [5, 5.41) is 0. The first kappa shape index (κ1) is 21.4. The topological polar surface area (TPSA) is 38.1 Å². The van der Waals surface area contributed by atoms with Crippen molar-refractivity contribution >= 4 is 22.6 Å². The number of hydrogen-bond acceptors (Lipinski definition) is 2. The van der Waals surface area contributed by atoms with Gasteiger partial charge in [0.2, 0.25) is 5.91 Å². The predicted octanol–water partition coefficient (Wildman–Crippen LogP) is 6.35. The number of rotatable bonds is 5. The maximum absolute atomic E-state index is 13.1. The van der Waals surface area contributed by atoms with Crippen LogP contribution in [0.4, 0.5) is 5.69 Å². The molecule has 5 rings (SSSR count). The molecule has 1 unspecified atom stereocenters. The lowest BCUT2D eigenvalue weighted by molar-refractivity contribution is -0.117. The van der Waals surface area contributed by atoms with Crippen LogP contribution < -0.4 is 4.90 Å². The quantitative estimate of drug-likeness (QED) is 0.365. The second-order valence-corrected chi connectivity index (χ2v) is 9.64. The molecule has 0 spiro atoms. The highest BCUT2D eigenvalue weighted by Crippen LogP contribution is 2.35. The van der Waals surface area contributed by atoms with E-state index in [-0.39, 0.29) is 11.8 Å². The minimum absolute atomic E-state index is 0.0699. The summed E-state index contributed by atoms with van der Waals surface area (Å²) in [6.07, 6.45) is 0.489. The third-order valence-electron chi connectivity index (χ3n) is 6.80. The molecule has 0 radical (unpaired) electrons. The van der Waals surface area contributed by atoms with Gasteiger partial charge in [0.25, 0.3) is 0 Å². The van der Waals surface area contributed by atoms with Gasteiger partial charge in [0.15, 0.2) is 0 Å². The SMILES string of the molecule is Cc1ccc(N2CC(c3nc4ccccc4n3Cc3ccc(C(C)C)cc3)CC2=O)c(C)c1. The number of aromatic nitrogens is 2. The van der Waals surface area contributed by atoms with Crippen molar-refractivity contribution in [2.24, 2.45) is 0 Å². The van der Waals surface area contributed by atoms with Crippen LogP contribution in [-0.2, 0) is 11.3 Å². The third kappa shape index (κ3) is 4.06. The summed E-state index contributed by atoms with van der Waals surface area (Å²) in [7, 11) is 0. The average Bonchev–Trinajstić information content (AvgIpc) is 3.35. The molecule has 1 aliphatic rings. The fraction of sp³-hybridized carbons (Fsp3) is 0.310. The van der Waals surface area contributed by atoms with Crippen molar-refractivity contribution in [2.75, 3.05) is 11.4 Å². The van der Waals surface area contributed by atoms with Crippen LogP contribution in [-0.4, -0.2) is 22.0 Å². The highest BCUT2D eigenvalue weighted by Gasteiger charge is 2.35. The number of amides is 1. The maximum atomic E-state index is 13.1. The molecule has 0 bridgehead atoms. The number of carbonyl (C=O) groups excluding carboxylic acids is 1. The van der Waals surface area contributed by atoms with Gasteiger partial charge in [-0.1, -0.05) is 67.9 Å². The van der Waals surface area contributed by atoms with Gasteiger partial charge in [-0.15, -0.1) is 0 Å². The second kappa shape index (κ2) is 8.51. The molecule has 4 nitrogen and oxygen atoms in total. The molecule has 1 aliphatic heterocycles. The van der Waals surface area contributed by atoms with Crippen molar-refractivity contribution in [1.82, 2.24) is 9.55 Å². The zero-order chi connectivity index (χ0) is 23.1. The van der Waals surface area contributed by atoms with E-state index in [9.17, 15) is 4.79 Å². The van der Waals surface area contributed by atoms with Crippen LogP contribution in [0.5, 0.6) is 0 Å². The summed E-state index contributed by atoms with van der Waals surface area (Å²) in [6.45, 7) is 10.0. The molecule has 33 heavy (non-hydrogen) atoms. The molecule has 3 aromatic carbocycles. The van der Waals surface area contributed by atoms with Gasteiger partial charge in [0, 0.05) is 31.1 Å². The van der Waals surface area contributed by atoms with Crippen LogP contribution in [0.15, 0.2) is 66.7 Å². The van der Waals surface area contributed by atoms with Crippen LogP contribution in [0, 0.1) is 13.8 Å². The minimum atomic E-state index is 0.0699. The van der Waals surface area contributed by atoms with Crippen LogP contribution >= 0.6 is 0 Å². The van der Waals surface area contributed by atoms with E-state index < -0.39 is 0 Å². The highest BCUT2D eigenvalue weighted by atomic mass is 16.2. The molecule has 168 valence electrons. The van der Waals surface area contributed by atoms with Crippen LogP contribution in [0.25, 0.3) is 11.0 Å². The van der Waals surface area contributed by atoms with Gasteiger partial charge < -0.3 is 9.47 Å². The Hall–Kier alpha value is -3.40. The molecule has 2 heterocycles. The normalized spacial score (nSPS) is 16.3. The lowest BCUT2D eigenvalue weighted by Gasteiger charge is -2.20. The Morgan fingerprint density at radius 3 is 2.48 bits per heavy atom. The smallest absolute Gasteiger partial charge is 0.227 e. The minimum Gasteiger partial charge on any atom is -0.323 e. The summed E-state index contributed by atoms with van der Waals surface area (Å²) in [4.78, 5) is 20.0. The van der Waals surface area contributed by atoms with E-state index in [0.717, 1.165) is 34.7 Å². The molecule has 0 saturated carbocycles. The summed E-state index contributed by atoms with van der Waals surface area (Å²) < 4.78 is 2.31. The number of nitrogens with zero attached hydrogens (tertiary/aromatic N) is 3. The van der Waals surface area contributed by atoms with Gasteiger partial charge in [0.05, 0.1) is 11.0 Å². The van der Waals surface area contributed by atoms with Gasteiger partial charge >= 0.3 is 0 Å². The number of anilines is 1. The summed E-state index contributed by atoms with van der Waals surface area (Å²) in [6, 6.07) is 23.5. The van der Waals surface area contributed by atoms with Crippen LogP contribution in [0.3, 0.4) is 0 Å². The monoisotopic (exact) mass is 437 g/mol. The molecule has 4 aromatic rings. The zero-order valence-corrected chi connectivity index (χ0v) is 19.9. The van der Waals surface area contributed by atoms with E-state index in [1.807, 2.05) is 11.0 Å². The van der Waals surface area contributed by atoms with Gasteiger partial charge in [-0.3, -0.25) is 4.79 Å². The van der Waals surface area contributed by atoms with E-state index in [4.69, 9.17) is 4.98 Å². The van der Waals surface area contributed by atoms with Gasteiger partial charge in [-0.2, -0.15) is 0 Å². The second-order valence-electron chi connectivity index (χ2n) is 9.64. The van der Waals surface area contributed by atoms with Gasteiger partial charge in [-0.05, 0) is 54.7 Å². The lowest BCUT2D eigenvalue weighted by atomic mass is 10.0. The number of fused-ring (bicyclic) bond motifs is 1. The Morgan fingerprint density at radius 2 is 1.76 bits per heavy atom. The van der Waals surface area contributed by atoms with Gasteiger partial charge in [-0.25, -0.2) is 4.98 Å². The molecule has 1 fully saturated rings. The van der Waals surface area contributed by atoms with E-state index in [1.165, 1.54) is 16.7 Å². The number of aryl methyl sites for hydroxylation is 2. The zero-order valence-electron chi connectivity index (χ0n) is 19.9. The maximum Gasteiger partial charge on any atom is 0.227 e. The third-order valence-corrected chi connectivity index (χ3v) is 6.80. The summed E-state index contributed by atoms with van der Waals surface area (Å²) >= 11 is 0. The van der Waals surface area contributed by atoms with Crippen LogP contribution in [0.1, 0.15) is 60.2 Å². The molecule has 0 aliphatic carbocycles. The largest absolute Gasteiger partial charge is 0.323 e. The molecule has 1 amide bonds. The predicted molar refractivity (Wildman–Crippen MR) is 135 cm³/mol. The molecular formula is C29H31N3O. The summed E-state index contributed by atoms with van der Waals surface area (Å²) in [5.74, 6) is 1.77. The standard InChI is InChI=1S/C29H31N3O/c1-19(2)23-12-10-22(11-13-23)17-32-27-8-6-5-7-25(27)30-29(32)24-16-28(33)31(18-24)26-14-9-20(3)15-21(26)4/h5-15,19,24H,16-18H2,1-4H3. The Labute approximate surface area is 195 Å². The van der Waals surface area contributed by atoms with Crippen LogP contribution in [0.2, 0.25) is 0 Å². The summed E-state index contributed by atoms with van der Waals surface area (Å²) in [5.41, 5.74) is 8.08. The molecule has 1 saturated heterocycles. The van der Waals surface area contributed by atoms with Crippen molar-refractivity contribution in [3.05, 3.63) is 94.8 Å². The van der Waals surface area contributed by atoms with Crippen molar-refractivity contribution in [1.29, 1.82) is 0 Å². The van der Waals surface area contributed by atoms with E-state index in [0.29, 0.717) is 18.9 Å². The molecular weight excluding hydrogens is 406 g/mol. The fourth-order valence-electron chi connectivity index (χ4n) is 4.98. The lowest BCUT2D eigenvalue weighted by Crippen LogP contribution is -2.25. The average molecular weight is 438 g/mol. The molecule has 0 N–H and O–H groups in total. The van der Waals surface area contributed by atoms with Crippen molar-refractivity contribution in [3.63, 3.8) is 0 Å². The number of carbonyl (C=O) groups is 1. The van der Waals surface area contributed by atoms with Crippen molar-refractivity contribution in [2.45, 2.75) is 52.5 Å². The number of benzene rings is 3. The van der Waals surface area contributed by atoms with E-state index in [1.54, 1.807) is 0 Å². The Kier molecular flexibility index (Phi) is 5.53. The number of para-hydroxylation sites is 2. The first-order valence-electron chi connectivity index (χ1n) is 11.8. The number of imidazole rings is 1. The molecule has 1 aromatic heterocycles. The Morgan fingerprint density at radius 1 is 1.00 bits per heavy atom. The van der Waals surface area contributed by atoms with Gasteiger partial charge in [0.1, 0.15) is 5.82 Å². The van der Waals surface area contributed by atoms with Crippen molar-refractivity contribution < 1.29 is 4.79 Å². The highest BCUT2D eigenvalue weighted by molar-refractivity contribution is 5.97. The molecule has 4 heteroatoms. The first-order valence-corrected chi connectivity index (χ1v) is 11.8.